The van der Waals surface area contributed by atoms with Crippen molar-refractivity contribution in [3.8, 4) is 0 Å². The van der Waals surface area contributed by atoms with Crippen LogP contribution in [0.4, 0.5) is 5.69 Å². The minimum absolute atomic E-state index is 0.233. The maximum atomic E-state index is 12.3. The average molecular weight is 272 g/mol. The molecule has 0 spiro atoms. The summed E-state index contributed by atoms with van der Waals surface area (Å²) in [4.78, 5) is 0.233. The van der Waals surface area contributed by atoms with Crippen LogP contribution in [0.25, 0.3) is 0 Å². The summed E-state index contributed by atoms with van der Waals surface area (Å²) in [5.41, 5.74) is -0.0905. The Morgan fingerprint density at radius 3 is 2.44 bits per heavy atom. The fourth-order valence-corrected chi connectivity index (χ4v) is 3.33. The minimum Gasteiger partial charge on any atom is -0.387 e. The van der Waals surface area contributed by atoms with Crippen LogP contribution in [0, 0.1) is 0 Å². The lowest BCUT2D eigenvalue weighted by Gasteiger charge is -2.25. The van der Waals surface area contributed by atoms with Crippen LogP contribution in [-0.2, 0) is 14.8 Å². The van der Waals surface area contributed by atoms with E-state index in [4.69, 9.17) is 4.74 Å². The maximum Gasteiger partial charge on any atom is 0.243 e. The number of hydrogen-bond donors (Lipinski definition) is 2. The third kappa shape index (κ3) is 3.69. The first-order chi connectivity index (χ1) is 8.32. The Morgan fingerprint density at radius 1 is 1.28 bits per heavy atom. The van der Waals surface area contributed by atoms with Crippen molar-refractivity contribution in [2.75, 3.05) is 26.1 Å². The summed E-state index contributed by atoms with van der Waals surface area (Å²) in [6.45, 7) is 3.85. The lowest BCUT2D eigenvalue weighted by molar-refractivity contribution is 0.141. The smallest absolute Gasteiger partial charge is 0.243 e. The molecule has 0 amide bonds. The average Bonchev–Trinajstić information content (AvgIpc) is 2.27. The van der Waals surface area contributed by atoms with Crippen LogP contribution in [0.3, 0.4) is 0 Å². The summed E-state index contributed by atoms with van der Waals surface area (Å²) < 4.78 is 32.2. The van der Waals surface area contributed by atoms with Gasteiger partial charge in [-0.15, -0.1) is 0 Å². The zero-order valence-electron chi connectivity index (χ0n) is 11.1. The molecule has 0 atom stereocenters. The molecule has 0 radical (unpaired) electrons. The Morgan fingerprint density at radius 2 is 1.89 bits per heavy atom. The van der Waals surface area contributed by atoms with Gasteiger partial charge in [0.05, 0.1) is 17.8 Å². The zero-order chi connectivity index (χ0) is 13.8. The summed E-state index contributed by atoms with van der Waals surface area (Å²) in [5.74, 6) is 0. The second kappa shape index (κ2) is 5.69. The minimum atomic E-state index is -3.58. The van der Waals surface area contributed by atoms with Crippen LogP contribution < -0.4 is 10.0 Å². The first kappa shape index (κ1) is 14.9. The van der Waals surface area contributed by atoms with E-state index in [2.05, 4.69) is 10.0 Å². The Kier molecular flexibility index (Phi) is 4.72. The molecule has 0 heterocycles. The number of hydrogen-bond acceptors (Lipinski definition) is 4. The van der Waals surface area contributed by atoms with E-state index in [-0.39, 0.29) is 4.90 Å². The number of benzene rings is 1. The molecule has 0 fully saturated rings. The molecule has 0 aliphatic carbocycles. The molecule has 1 aromatic carbocycles. The number of nitrogens with one attached hydrogen (secondary N) is 2. The summed E-state index contributed by atoms with van der Waals surface area (Å²) in [6.07, 6.45) is 0. The predicted octanol–water partition coefficient (Wildman–Crippen LogP) is 1.43. The maximum absolute atomic E-state index is 12.3. The van der Waals surface area contributed by atoms with Crippen LogP contribution in [-0.4, -0.2) is 34.7 Å². The molecular weight excluding hydrogens is 252 g/mol. The SMILES string of the molecule is CNc1ccccc1S(=O)(=O)NC(C)(C)COC. The van der Waals surface area contributed by atoms with Crippen LogP contribution in [0.5, 0.6) is 0 Å². The van der Waals surface area contributed by atoms with Gasteiger partial charge in [-0.1, -0.05) is 12.1 Å². The van der Waals surface area contributed by atoms with Gasteiger partial charge in [-0.05, 0) is 26.0 Å². The number of anilines is 1. The van der Waals surface area contributed by atoms with Gasteiger partial charge in [0.2, 0.25) is 10.0 Å². The zero-order valence-corrected chi connectivity index (χ0v) is 12.0. The number of methoxy groups -OCH3 is 1. The molecule has 0 aliphatic heterocycles. The van der Waals surface area contributed by atoms with Crippen LogP contribution in [0.15, 0.2) is 29.2 Å². The van der Waals surface area contributed by atoms with Crippen LogP contribution in [0.2, 0.25) is 0 Å². The van der Waals surface area contributed by atoms with Crippen molar-refractivity contribution in [3.63, 3.8) is 0 Å². The largest absolute Gasteiger partial charge is 0.387 e. The van der Waals surface area contributed by atoms with Crippen molar-refractivity contribution in [3.05, 3.63) is 24.3 Å². The lowest BCUT2D eigenvalue weighted by atomic mass is 10.1. The predicted molar refractivity (Wildman–Crippen MR) is 72.3 cm³/mol. The molecule has 1 rings (SSSR count). The Hall–Kier alpha value is -1.11. The van der Waals surface area contributed by atoms with Gasteiger partial charge in [0.1, 0.15) is 4.90 Å². The van der Waals surface area contributed by atoms with Gasteiger partial charge in [-0.25, -0.2) is 13.1 Å². The first-order valence-electron chi connectivity index (χ1n) is 5.62. The first-order valence-corrected chi connectivity index (χ1v) is 7.10. The normalized spacial score (nSPS) is 12.4. The number of rotatable bonds is 6. The molecule has 0 aromatic heterocycles. The molecular formula is C12H20N2O3S. The molecule has 2 N–H and O–H groups in total. The summed E-state index contributed by atoms with van der Waals surface area (Å²) in [6, 6.07) is 6.76. The summed E-state index contributed by atoms with van der Waals surface area (Å²) in [7, 11) is -0.347. The molecule has 0 unspecified atom stereocenters. The molecule has 0 saturated carbocycles. The third-order valence-corrected chi connectivity index (χ3v) is 4.12. The van der Waals surface area contributed by atoms with Crippen molar-refractivity contribution in [1.29, 1.82) is 0 Å². The number of para-hydroxylation sites is 1. The van der Waals surface area contributed by atoms with Crippen molar-refractivity contribution < 1.29 is 13.2 Å². The highest BCUT2D eigenvalue weighted by Gasteiger charge is 2.27. The quantitative estimate of drug-likeness (QED) is 0.822. The van der Waals surface area contributed by atoms with E-state index in [9.17, 15) is 8.42 Å². The van der Waals surface area contributed by atoms with Gasteiger partial charge in [-0.3, -0.25) is 0 Å². The highest BCUT2D eigenvalue weighted by molar-refractivity contribution is 7.89. The highest BCUT2D eigenvalue weighted by atomic mass is 32.2. The van der Waals surface area contributed by atoms with E-state index in [1.165, 1.54) is 7.11 Å². The van der Waals surface area contributed by atoms with Crippen molar-refractivity contribution in [1.82, 2.24) is 4.72 Å². The molecule has 0 saturated heterocycles. The van der Waals surface area contributed by atoms with Gasteiger partial charge in [0, 0.05) is 14.2 Å². The topological polar surface area (TPSA) is 67.4 Å². The van der Waals surface area contributed by atoms with Crippen LogP contribution in [0.1, 0.15) is 13.8 Å². The second-order valence-corrected chi connectivity index (χ2v) is 6.32. The molecule has 0 bridgehead atoms. The Balaban J connectivity index is 3.07. The van der Waals surface area contributed by atoms with Gasteiger partial charge in [0.25, 0.3) is 0 Å². The third-order valence-electron chi connectivity index (χ3n) is 2.36. The molecule has 6 heteroatoms. The standard InChI is InChI=1S/C12H20N2O3S/c1-12(2,9-17-4)14-18(15,16)11-8-6-5-7-10(11)13-3/h5-8,13-14H,9H2,1-4H3. The summed E-state index contributed by atoms with van der Waals surface area (Å²) >= 11 is 0. The molecule has 0 aliphatic rings. The second-order valence-electron chi connectivity index (χ2n) is 4.67. The van der Waals surface area contributed by atoms with Crippen molar-refractivity contribution in [2.24, 2.45) is 0 Å². The van der Waals surface area contributed by atoms with Gasteiger partial charge in [0.15, 0.2) is 0 Å². The molecule has 102 valence electrons. The lowest BCUT2D eigenvalue weighted by Crippen LogP contribution is -2.46. The van der Waals surface area contributed by atoms with Crippen molar-refractivity contribution in [2.45, 2.75) is 24.3 Å². The van der Waals surface area contributed by atoms with Crippen LogP contribution >= 0.6 is 0 Å². The van der Waals surface area contributed by atoms with Gasteiger partial charge >= 0.3 is 0 Å². The Labute approximate surface area is 109 Å². The van der Waals surface area contributed by atoms with E-state index >= 15 is 0 Å². The van der Waals surface area contributed by atoms with E-state index in [0.717, 1.165) is 0 Å². The van der Waals surface area contributed by atoms with Crippen molar-refractivity contribution >= 4 is 15.7 Å². The fourth-order valence-electron chi connectivity index (χ4n) is 1.72. The van der Waals surface area contributed by atoms with Gasteiger partial charge in [-0.2, -0.15) is 0 Å². The Bertz CT molecular complexity index is 498. The molecule has 1 aromatic rings. The summed E-state index contributed by atoms with van der Waals surface area (Å²) in [5, 5.41) is 2.87. The fraction of sp³-hybridized carbons (Fsp3) is 0.500. The van der Waals surface area contributed by atoms with E-state index < -0.39 is 15.6 Å². The highest BCUT2D eigenvalue weighted by Crippen LogP contribution is 2.21. The monoisotopic (exact) mass is 272 g/mol. The van der Waals surface area contributed by atoms with E-state index in [1.54, 1.807) is 45.2 Å². The number of ether oxygens (including phenoxy) is 1. The molecule has 18 heavy (non-hydrogen) atoms. The molecule has 5 nitrogen and oxygen atoms in total. The van der Waals surface area contributed by atoms with E-state index in [0.29, 0.717) is 12.3 Å². The van der Waals surface area contributed by atoms with E-state index in [1.807, 2.05) is 0 Å². The van der Waals surface area contributed by atoms with Gasteiger partial charge < -0.3 is 10.1 Å². The number of sulfonamides is 1.